The number of aryl methyl sites for hydroxylation is 2. The van der Waals surface area contributed by atoms with E-state index in [9.17, 15) is 5.11 Å². The van der Waals surface area contributed by atoms with E-state index in [1.54, 1.807) is 6.07 Å². The molecule has 1 unspecified atom stereocenters. The van der Waals surface area contributed by atoms with Gasteiger partial charge in [0.15, 0.2) is 5.16 Å². The van der Waals surface area contributed by atoms with Gasteiger partial charge >= 0.3 is 0 Å². The number of hydrogen-bond acceptors (Lipinski definition) is 6. The largest absolute Gasteiger partial charge is 0.491 e. The number of hydrogen-bond donors (Lipinski definition) is 2. The first kappa shape index (κ1) is 15.6. The molecule has 2 aromatic rings. The van der Waals surface area contributed by atoms with Crippen molar-refractivity contribution in [3.05, 3.63) is 41.6 Å². The summed E-state index contributed by atoms with van der Waals surface area (Å²) in [6, 6.07) is 9.44. The van der Waals surface area contributed by atoms with Crippen molar-refractivity contribution in [2.24, 2.45) is 0 Å². The molecular weight excluding hydrogens is 286 g/mol. The number of benzene rings is 1. The molecule has 0 bridgehead atoms. The molecule has 0 fully saturated rings. The number of rotatable bonds is 6. The Kier molecular flexibility index (Phi) is 5.41. The second kappa shape index (κ2) is 7.28. The molecule has 0 aliphatic rings. The van der Waals surface area contributed by atoms with Crippen molar-refractivity contribution < 1.29 is 9.84 Å². The summed E-state index contributed by atoms with van der Waals surface area (Å²) in [6.07, 6.45) is -0.596. The fourth-order valence-corrected chi connectivity index (χ4v) is 2.56. The van der Waals surface area contributed by atoms with Crippen molar-refractivity contribution in [1.29, 1.82) is 0 Å². The van der Waals surface area contributed by atoms with Crippen LogP contribution < -0.4 is 10.5 Å². The van der Waals surface area contributed by atoms with Crippen molar-refractivity contribution in [3.63, 3.8) is 0 Å². The summed E-state index contributed by atoms with van der Waals surface area (Å²) in [5.41, 5.74) is 7.60. The van der Waals surface area contributed by atoms with Gasteiger partial charge in [-0.15, -0.1) is 0 Å². The molecule has 0 aliphatic carbocycles. The molecule has 1 aromatic heterocycles. The molecule has 0 saturated carbocycles. The summed E-state index contributed by atoms with van der Waals surface area (Å²) >= 11 is 1.36. The fraction of sp³-hybridized carbons (Fsp3) is 0.333. The Morgan fingerprint density at radius 2 is 2.10 bits per heavy atom. The third-order valence-electron chi connectivity index (χ3n) is 2.69. The topological polar surface area (TPSA) is 81.3 Å². The number of aromatic nitrogens is 2. The lowest BCUT2D eigenvalue weighted by Gasteiger charge is -2.12. The highest BCUT2D eigenvalue weighted by atomic mass is 32.2. The summed E-state index contributed by atoms with van der Waals surface area (Å²) in [5, 5.41) is 10.5. The predicted molar refractivity (Wildman–Crippen MR) is 84.6 cm³/mol. The maximum atomic E-state index is 9.95. The van der Waals surface area contributed by atoms with Crippen LogP contribution in [0.5, 0.6) is 5.75 Å². The summed E-state index contributed by atoms with van der Waals surface area (Å²) in [7, 11) is 0. The van der Waals surface area contributed by atoms with Crippen molar-refractivity contribution in [3.8, 4) is 5.75 Å². The molecule has 0 spiro atoms. The standard InChI is InChI=1S/C15H19N3O2S/c1-10-4-3-5-13(6-10)20-8-12(19)9-21-15-17-11(2)7-14(16)18-15/h3-7,12,19H,8-9H2,1-2H3,(H2,16,17,18). The van der Waals surface area contributed by atoms with Gasteiger partial charge in [0, 0.05) is 17.5 Å². The summed E-state index contributed by atoms with van der Waals surface area (Å²) in [6.45, 7) is 4.09. The number of nitrogen functional groups attached to an aromatic ring is 1. The Hall–Kier alpha value is -1.79. The Bertz CT molecular complexity index is 587. The third-order valence-corrected chi connectivity index (χ3v) is 3.68. The highest BCUT2D eigenvalue weighted by Gasteiger charge is 2.09. The van der Waals surface area contributed by atoms with E-state index in [-0.39, 0.29) is 6.61 Å². The van der Waals surface area contributed by atoms with Gasteiger partial charge in [-0.1, -0.05) is 23.9 Å². The highest BCUT2D eigenvalue weighted by Crippen LogP contribution is 2.17. The number of aliphatic hydroxyl groups is 1. The van der Waals surface area contributed by atoms with Gasteiger partial charge in [-0.05, 0) is 31.5 Å². The van der Waals surface area contributed by atoms with Crippen molar-refractivity contribution in [2.75, 3.05) is 18.1 Å². The second-order valence-electron chi connectivity index (χ2n) is 4.81. The lowest BCUT2D eigenvalue weighted by atomic mass is 10.2. The minimum absolute atomic E-state index is 0.234. The van der Waals surface area contributed by atoms with Crippen LogP contribution in [0.15, 0.2) is 35.5 Å². The number of nitrogens with zero attached hydrogens (tertiary/aromatic N) is 2. The quantitative estimate of drug-likeness (QED) is 0.629. The monoisotopic (exact) mass is 305 g/mol. The Morgan fingerprint density at radius 1 is 1.29 bits per heavy atom. The van der Waals surface area contributed by atoms with Crippen LogP contribution in [0.25, 0.3) is 0 Å². The summed E-state index contributed by atoms with van der Waals surface area (Å²) in [4.78, 5) is 8.37. The summed E-state index contributed by atoms with van der Waals surface area (Å²) in [5.74, 6) is 1.65. The molecular formula is C15H19N3O2S. The molecule has 3 N–H and O–H groups in total. The van der Waals surface area contributed by atoms with Crippen molar-refractivity contribution >= 4 is 17.6 Å². The number of thioether (sulfide) groups is 1. The minimum Gasteiger partial charge on any atom is -0.491 e. The van der Waals surface area contributed by atoms with Crippen LogP contribution in [0.3, 0.4) is 0 Å². The van der Waals surface area contributed by atoms with Crippen molar-refractivity contribution in [2.45, 2.75) is 25.1 Å². The molecule has 6 heteroatoms. The normalized spacial score (nSPS) is 12.1. The Balaban J connectivity index is 1.80. The molecule has 112 valence electrons. The molecule has 1 heterocycles. The molecule has 0 amide bonds. The van der Waals surface area contributed by atoms with Crippen LogP contribution in [0, 0.1) is 13.8 Å². The third kappa shape index (κ3) is 5.24. The molecule has 21 heavy (non-hydrogen) atoms. The lowest BCUT2D eigenvalue weighted by Crippen LogP contribution is -2.20. The zero-order chi connectivity index (χ0) is 15.2. The molecule has 1 aromatic carbocycles. The van der Waals surface area contributed by atoms with Gasteiger partial charge in [0.2, 0.25) is 0 Å². The van der Waals surface area contributed by atoms with Gasteiger partial charge in [-0.3, -0.25) is 0 Å². The van der Waals surface area contributed by atoms with Crippen LogP contribution in [-0.4, -0.2) is 33.5 Å². The van der Waals surface area contributed by atoms with Crippen LogP contribution in [0.4, 0.5) is 5.82 Å². The highest BCUT2D eigenvalue weighted by molar-refractivity contribution is 7.99. The maximum Gasteiger partial charge on any atom is 0.189 e. The predicted octanol–water partition coefficient (Wildman–Crippen LogP) is 2.21. The minimum atomic E-state index is -0.596. The Labute approximate surface area is 128 Å². The molecule has 0 saturated heterocycles. The molecule has 0 radical (unpaired) electrons. The van der Waals surface area contributed by atoms with Gasteiger partial charge in [0.25, 0.3) is 0 Å². The number of ether oxygens (including phenoxy) is 1. The van der Waals surface area contributed by atoms with E-state index < -0.39 is 6.10 Å². The number of nitrogens with two attached hydrogens (primary N) is 1. The first-order chi connectivity index (χ1) is 10.0. The number of anilines is 1. The van der Waals surface area contributed by atoms with E-state index in [0.717, 1.165) is 17.0 Å². The second-order valence-corrected chi connectivity index (χ2v) is 5.80. The van der Waals surface area contributed by atoms with E-state index in [2.05, 4.69) is 9.97 Å². The van der Waals surface area contributed by atoms with E-state index in [1.807, 2.05) is 38.1 Å². The van der Waals surface area contributed by atoms with Gasteiger partial charge in [0.05, 0.1) is 6.10 Å². The van der Waals surface area contributed by atoms with Crippen LogP contribution in [0.1, 0.15) is 11.3 Å². The van der Waals surface area contributed by atoms with E-state index in [0.29, 0.717) is 16.7 Å². The van der Waals surface area contributed by atoms with Crippen LogP contribution in [0.2, 0.25) is 0 Å². The van der Waals surface area contributed by atoms with Gasteiger partial charge in [-0.25, -0.2) is 9.97 Å². The van der Waals surface area contributed by atoms with E-state index in [1.165, 1.54) is 11.8 Å². The average Bonchev–Trinajstić information content (AvgIpc) is 2.42. The van der Waals surface area contributed by atoms with Gasteiger partial charge in [-0.2, -0.15) is 0 Å². The molecule has 2 rings (SSSR count). The first-order valence-electron chi connectivity index (χ1n) is 6.64. The molecule has 5 nitrogen and oxygen atoms in total. The van der Waals surface area contributed by atoms with Crippen molar-refractivity contribution in [1.82, 2.24) is 9.97 Å². The fourth-order valence-electron chi connectivity index (χ4n) is 1.75. The SMILES string of the molecule is Cc1cccc(OCC(O)CSc2nc(C)cc(N)n2)c1. The van der Waals surface area contributed by atoms with Gasteiger partial charge in [0.1, 0.15) is 18.2 Å². The van der Waals surface area contributed by atoms with E-state index >= 15 is 0 Å². The zero-order valence-corrected chi connectivity index (χ0v) is 12.9. The smallest absolute Gasteiger partial charge is 0.189 e. The average molecular weight is 305 g/mol. The van der Waals surface area contributed by atoms with Crippen LogP contribution >= 0.6 is 11.8 Å². The summed E-state index contributed by atoms with van der Waals surface area (Å²) < 4.78 is 5.56. The first-order valence-corrected chi connectivity index (χ1v) is 7.63. The molecule has 1 atom stereocenters. The zero-order valence-electron chi connectivity index (χ0n) is 12.1. The molecule has 0 aliphatic heterocycles. The Morgan fingerprint density at radius 3 is 2.81 bits per heavy atom. The maximum absolute atomic E-state index is 9.95. The lowest BCUT2D eigenvalue weighted by molar-refractivity contribution is 0.126. The van der Waals surface area contributed by atoms with Crippen LogP contribution in [-0.2, 0) is 0 Å². The van der Waals surface area contributed by atoms with Gasteiger partial charge < -0.3 is 15.6 Å². The van der Waals surface area contributed by atoms with E-state index in [4.69, 9.17) is 10.5 Å². The number of aliphatic hydroxyl groups excluding tert-OH is 1.